The maximum Gasteiger partial charge on any atom is 0.267 e. The van der Waals surface area contributed by atoms with E-state index < -0.39 is 0 Å². The van der Waals surface area contributed by atoms with Crippen LogP contribution in [-0.4, -0.2) is 65.1 Å². The summed E-state index contributed by atoms with van der Waals surface area (Å²) in [5.74, 6) is 0.735. The van der Waals surface area contributed by atoms with Gasteiger partial charge in [0.15, 0.2) is 0 Å². The van der Waals surface area contributed by atoms with Crippen LogP contribution in [0.4, 0.5) is 0 Å². The van der Waals surface area contributed by atoms with Gasteiger partial charge in [-0.15, -0.1) is 5.10 Å². The first-order valence-corrected chi connectivity index (χ1v) is 10.7. The highest BCUT2D eigenvalue weighted by atomic mass is 32.1. The van der Waals surface area contributed by atoms with Gasteiger partial charge in [0.1, 0.15) is 16.3 Å². The van der Waals surface area contributed by atoms with Crippen molar-refractivity contribution in [1.29, 1.82) is 0 Å². The number of aromatic nitrogens is 2. The number of carbonyl (C=O) groups is 1. The first-order chi connectivity index (χ1) is 14.7. The molecule has 0 bridgehead atoms. The summed E-state index contributed by atoms with van der Waals surface area (Å²) in [4.78, 5) is 17.9. The maximum atomic E-state index is 13.1. The number of ether oxygens (including phenoxy) is 1. The Balaban J connectivity index is 1.36. The van der Waals surface area contributed by atoms with Crippen molar-refractivity contribution in [3.8, 4) is 17.0 Å². The van der Waals surface area contributed by atoms with Crippen LogP contribution in [0.25, 0.3) is 17.3 Å². The van der Waals surface area contributed by atoms with Crippen molar-refractivity contribution in [3.05, 3.63) is 71.1 Å². The molecule has 1 aliphatic heterocycles. The van der Waals surface area contributed by atoms with Crippen molar-refractivity contribution in [1.82, 2.24) is 19.4 Å². The number of rotatable bonds is 6. The molecule has 3 aromatic rings. The number of carbonyl (C=O) groups excluding carboxylic acids is 1. The minimum atomic E-state index is 0.00213. The summed E-state index contributed by atoms with van der Waals surface area (Å²) in [6.45, 7) is 3.99. The molecule has 0 saturated carbocycles. The normalized spacial score (nSPS) is 14.9. The van der Waals surface area contributed by atoms with E-state index in [-0.39, 0.29) is 5.91 Å². The number of hydrogen-bond acceptors (Lipinski definition) is 6. The lowest BCUT2D eigenvalue weighted by Crippen LogP contribution is -2.48. The van der Waals surface area contributed by atoms with E-state index in [2.05, 4.69) is 38.8 Å². The van der Waals surface area contributed by atoms with Crippen LogP contribution in [0, 0.1) is 0 Å². The number of hydrogen-bond donors (Lipinski definition) is 0. The second kappa shape index (κ2) is 9.65. The molecular formula is C23H24N4O2S. The van der Waals surface area contributed by atoms with E-state index in [9.17, 15) is 4.79 Å². The zero-order valence-electron chi connectivity index (χ0n) is 16.9. The Hall–Kier alpha value is -3.03. The van der Waals surface area contributed by atoms with Crippen molar-refractivity contribution in [2.45, 2.75) is 0 Å². The van der Waals surface area contributed by atoms with E-state index in [1.807, 2.05) is 47.4 Å². The highest BCUT2D eigenvalue weighted by molar-refractivity contribution is 7.08. The minimum Gasteiger partial charge on any atom is -0.497 e. The first kappa shape index (κ1) is 20.3. The summed E-state index contributed by atoms with van der Waals surface area (Å²) in [5.41, 5.74) is 2.67. The lowest BCUT2D eigenvalue weighted by atomic mass is 10.1. The van der Waals surface area contributed by atoms with Gasteiger partial charge in [-0.2, -0.15) is 0 Å². The van der Waals surface area contributed by atoms with Gasteiger partial charge in [-0.1, -0.05) is 59.1 Å². The van der Waals surface area contributed by atoms with Crippen LogP contribution in [0.3, 0.4) is 0 Å². The Labute approximate surface area is 180 Å². The Kier molecular flexibility index (Phi) is 6.51. The molecule has 0 spiro atoms. The van der Waals surface area contributed by atoms with Crippen molar-refractivity contribution < 1.29 is 9.53 Å². The third-order valence-electron chi connectivity index (χ3n) is 5.16. The highest BCUT2D eigenvalue weighted by Crippen LogP contribution is 2.28. The molecule has 1 aromatic heterocycles. The second-order valence-corrected chi connectivity index (χ2v) is 7.84. The monoisotopic (exact) mass is 420 g/mol. The molecule has 0 aliphatic carbocycles. The molecule has 6 nitrogen and oxygen atoms in total. The van der Waals surface area contributed by atoms with Crippen molar-refractivity contribution in [2.24, 2.45) is 0 Å². The Morgan fingerprint density at radius 2 is 1.90 bits per heavy atom. The van der Waals surface area contributed by atoms with Gasteiger partial charge in [0, 0.05) is 38.3 Å². The van der Waals surface area contributed by atoms with Crippen LogP contribution >= 0.6 is 11.5 Å². The van der Waals surface area contributed by atoms with Gasteiger partial charge in [0.05, 0.1) is 7.11 Å². The Morgan fingerprint density at radius 1 is 1.10 bits per heavy atom. The predicted molar refractivity (Wildman–Crippen MR) is 120 cm³/mol. The van der Waals surface area contributed by atoms with Crippen LogP contribution in [0.15, 0.2) is 60.7 Å². The third kappa shape index (κ3) is 4.75. The van der Waals surface area contributed by atoms with E-state index in [1.54, 1.807) is 7.11 Å². The van der Waals surface area contributed by atoms with E-state index in [4.69, 9.17) is 4.74 Å². The summed E-state index contributed by atoms with van der Waals surface area (Å²) in [6.07, 6.45) is 4.32. The largest absolute Gasteiger partial charge is 0.497 e. The fraction of sp³-hybridized carbons (Fsp3) is 0.261. The molecule has 0 radical (unpaired) electrons. The zero-order chi connectivity index (χ0) is 20.8. The highest BCUT2D eigenvalue weighted by Gasteiger charge is 2.26. The standard InChI is InChI=1S/C23H24N4O2S/c1-29-20-11-5-10-19(17-20)21-22(30-25-24-21)23(28)27-15-13-26(14-16-27)12-6-9-18-7-3-2-4-8-18/h2-11,17H,12-16H2,1H3/b9-6+. The summed E-state index contributed by atoms with van der Waals surface area (Å²) in [6, 6.07) is 17.9. The molecular weight excluding hydrogens is 396 g/mol. The molecule has 154 valence electrons. The predicted octanol–water partition coefficient (Wildman–Crippen LogP) is 3.68. The SMILES string of the molecule is COc1cccc(-c2nnsc2C(=O)N2CCN(C/C=C/c3ccccc3)CC2)c1. The van der Waals surface area contributed by atoms with Crippen molar-refractivity contribution in [3.63, 3.8) is 0 Å². The molecule has 0 atom stereocenters. The van der Waals surface area contributed by atoms with E-state index in [1.165, 1.54) is 5.56 Å². The first-order valence-electron chi connectivity index (χ1n) is 9.94. The maximum absolute atomic E-state index is 13.1. The van der Waals surface area contributed by atoms with Gasteiger partial charge in [0.25, 0.3) is 5.91 Å². The average molecular weight is 421 g/mol. The number of amides is 1. The molecule has 1 saturated heterocycles. The molecule has 7 heteroatoms. The van der Waals surface area contributed by atoms with Gasteiger partial charge in [-0.3, -0.25) is 9.69 Å². The average Bonchev–Trinajstić information content (AvgIpc) is 3.30. The van der Waals surface area contributed by atoms with Gasteiger partial charge >= 0.3 is 0 Å². The van der Waals surface area contributed by atoms with Crippen molar-refractivity contribution in [2.75, 3.05) is 39.8 Å². The van der Waals surface area contributed by atoms with Crippen LogP contribution in [0.5, 0.6) is 5.75 Å². The van der Waals surface area contributed by atoms with Crippen LogP contribution in [0.2, 0.25) is 0 Å². The molecule has 4 rings (SSSR count). The summed E-state index contributed by atoms with van der Waals surface area (Å²) in [7, 11) is 1.62. The van der Waals surface area contributed by atoms with Crippen LogP contribution in [-0.2, 0) is 0 Å². The molecule has 30 heavy (non-hydrogen) atoms. The van der Waals surface area contributed by atoms with Gasteiger partial charge in [0.2, 0.25) is 0 Å². The lowest BCUT2D eigenvalue weighted by Gasteiger charge is -2.33. The van der Waals surface area contributed by atoms with Gasteiger partial charge in [-0.05, 0) is 29.2 Å². The molecule has 2 aromatic carbocycles. The smallest absolute Gasteiger partial charge is 0.267 e. The third-order valence-corrected chi connectivity index (χ3v) is 5.87. The van der Waals surface area contributed by atoms with Crippen LogP contribution in [0.1, 0.15) is 15.2 Å². The van der Waals surface area contributed by atoms with Gasteiger partial charge in [-0.25, -0.2) is 0 Å². The summed E-state index contributed by atoms with van der Waals surface area (Å²) >= 11 is 1.15. The van der Waals surface area contributed by atoms with E-state index >= 15 is 0 Å². The van der Waals surface area contributed by atoms with Gasteiger partial charge < -0.3 is 9.64 Å². The molecule has 0 N–H and O–H groups in total. The lowest BCUT2D eigenvalue weighted by molar-refractivity contribution is 0.0655. The van der Waals surface area contributed by atoms with E-state index in [0.717, 1.165) is 42.5 Å². The van der Waals surface area contributed by atoms with Crippen LogP contribution < -0.4 is 4.74 Å². The molecule has 0 unspecified atom stereocenters. The number of methoxy groups -OCH3 is 1. The molecule has 1 aliphatic rings. The number of piperazine rings is 1. The molecule has 1 fully saturated rings. The molecule has 2 heterocycles. The number of nitrogens with zero attached hydrogens (tertiary/aromatic N) is 4. The van der Waals surface area contributed by atoms with E-state index in [0.29, 0.717) is 23.7 Å². The Morgan fingerprint density at radius 3 is 2.67 bits per heavy atom. The fourth-order valence-corrected chi connectivity index (χ4v) is 4.13. The minimum absolute atomic E-state index is 0.00213. The zero-order valence-corrected chi connectivity index (χ0v) is 17.7. The number of benzene rings is 2. The second-order valence-electron chi connectivity index (χ2n) is 7.09. The summed E-state index contributed by atoms with van der Waals surface area (Å²) < 4.78 is 9.33. The quantitative estimate of drug-likeness (QED) is 0.609. The van der Waals surface area contributed by atoms with Crippen molar-refractivity contribution >= 4 is 23.5 Å². The Bertz CT molecular complexity index is 1010. The summed E-state index contributed by atoms with van der Waals surface area (Å²) in [5, 5.41) is 4.21. The molecule has 1 amide bonds. The fourth-order valence-electron chi connectivity index (χ4n) is 3.47. The topological polar surface area (TPSA) is 58.6 Å².